The molecular weight excluding hydrogens is 186 g/mol. The first-order valence-corrected chi connectivity index (χ1v) is 7.73. The van der Waals surface area contributed by atoms with Crippen LogP contribution in [0.3, 0.4) is 0 Å². The van der Waals surface area contributed by atoms with E-state index in [9.17, 15) is 0 Å². The Hall–Kier alpha value is -0.553. The van der Waals surface area contributed by atoms with Crippen LogP contribution in [0.5, 0.6) is 0 Å². The number of nitrogens with zero attached hydrogens (tertiary/aromatic N) is 3. The molecule has 1 fully saturated rings. The van der Waals surface area contributed by atoms with Crippen molar-refractivity contribution in [3.63, 3.8) is 0 Å². The molecule has 0 aromatic heterocycles. The molecule has 1 aliphatic rings. The fourth-order valence-electron chi connectivity index (χ4n) is 1.26. The lowest BCUT2D eigenvalue weighted by molar-refractivity contribution is 0.136. The minimum absolute atomic E-state index is 0.0393. The highest BCUT2D eigenvalue weighted by molar-refractivity contribution is 6.69. The van der Waals surface area contributed by atoms with Crippen molar-refractivity contribution < 1.29 is 9.16 Å². The van der Waals surface area contributed by atoms with Crippen molar-refractivity contribution in [2.45, 2.75) is 31.8 Å². The van der Waals surface area contributed by atoms with Crippen LogP contribution >= 0.6 is 0 Å². The average Bonchev–Trinajstić information content (AvgIpc) is 2.34. The first-order valence-electron chi connectivity index (χ1n) is 4.33. The lowest BCUT2D eigenvalue weighted by Gasteiger charge is -2.24. The second-order valence-corrected chi connectivity index (χ2v) is 8.54. The van der Waals surface area contributed by atoms with Crippen LogP contribution in [0.1, 0.15) is 0 Å². The smallest absolute Gasteiger partial charge is 0.184 e. The summed E-state index contributed by atoms with van der Waals surface area (Å²) in [6, 6.07) is -0.142. The van der Waals surface area contributed by atoms with E-state index in [1.54, 1.807) is 0 Å². The van der Waals surface area contributed by atoms with E-state index in [4.69, 9.17) is 14.7 Å². The van der Waals surface area contributed by atoms with Crippen molar-refractivity contribution in [1.29, 1.82) is 0 Å². The van der Waals surface area contributed by atoms with Crippen molar-refractivity contribution >= 4 is 8.32 Å². The Balaban J connectivity index is 2.53. The Bertz CT molecular complexity index is 222. The number of hydrogen-bond acceptors (Lipinski definition) is 3. The summed E-state index contributed by atoms with van der Waals surface area (Å²) < 4.78 is 11.0. The van der Waals surface area contributed by atoms with Crippen LogP contribution in [0, 0.1) is 0 Å². The highest BCUT2D eigenvalue weighted by Gasteiger charge is 2.32. The van der Waals surface area contributed by atoms with Gasteiger partial charge in [0.2, 0.25) is 0 Å². The molecule has 0 spiro atoms. The second-order valence-electron chi connectivity index (χ2n) is 4.08. The lowest BCUT2D eigenvalue weighted by Crippen LogP contribution is -2.37. The van der Waals surface area contributed by atoms with Gasteiger partial charge in [-0.15, -0.1) is 0 Å². The first kappa shape index (κ1) is 10.5. The van der Waals surface area contributed by atoms with Crippen molar-refractivity contribution in [3.05, 3.63) is 10.4 Å². The molecule has 0 N–H and O–H groups in total. The summed E-state index contributed by atoms with van der Waals surface area (Å²) in [5.41, 5.74) is 8.30. The Labute approximate surface area is 78.8 Å². The molecule has 0 aromatic carbocycles. The van der Waals surface area contributed by atoms with E-state index in [-0.39, 0.29) is 12.1 Å². The summed E-state index contributed by atoms with van der Waals surface area (Å²) in [7, 11) is -1.56. The molecule has 1 saturated heterocycles. The Morgan fingerprint density at radius 2 is 2.15 bits per heavy atom. The molecular formula is C7H15N3O2Si. The molecule has 13 heavy (non-hydrogen) atoms. The summed E-state index contributed by atoms with van der Waals surface area (Å²) in [5, 5.41) is 3.64. The molecule has 1 rings (SSSR count). The first-order chi connectivity index (χ1) is 6.03. The third kappa shape index (κ3) is 3.36. The molecule has 0 aliphatic carbocycles. The summed E-state index contributed by atoms with van der Waals surface area (Å²) in [6.07, 6.45) is -0.0393. The van der Waals surface area contributed by atoms with Gasteiger partial charge < -0.3 is 9.16 Å². The summed E-state index contributed by atoms with van der Waals surface area (Å²) in [6.45, 7) is 7.36. The van der Waals surface area contributed by atoms with Crippen LogP contribution < -0.4 is 0 Å². The summed E-state index contributed by atoms with van der Waals surface area (Å²) in [5.74, 6) is 0. The third-order valence-corrected chi connectivity index (χ3v) is 2.71. The third-order valence-electron chi connectivity index (χ3n) is 1.70. The van der Waals surface area contributed by atoms with Gasteiger partial charge in [-0.25, -0.2) is 0 Å². The average molecular weight is 201 g/mol. The molecule has 6 heteroatoms. The second kappa shape index (κ2) is 4.10. The fourth-order valence-corrected chi connectivity index (χ4v) is 2.40. The van der Waals surface area contributed by atoms with E-state index in [0.29, 0.717) is 13.2 Å². The summed E-state index contributed by atoms with van der Waals surface area (Å²) >= 11 is 0. The van der Waals surface area contributed by atoms with Crippen molar-refractivity contribution in [2.75, 3.05) is 13.2 Å². The van der Waals surface area contributed by atoms with E-state index >= 15 is 0 Å². The fraction of sp³-hybridized carbons (Fsp3) is 1.00. The number of hydrogen-bond donors (Lipinski definition) is 0. The van der Waals surface area contributed by atoms with Gasteiger partial charge in [0.05, 0.1) is 25.4 Å². The zero-order valence-corrected chi connectivity index (χ0v) is 9.23. The predicted octanol–water partition coefficient (Wildman–Crippen LogP) is 1.92. The molecule has 0 radical (unpaired) electrons. The lowest BCUT2D eigenvalue weighted by atomic mass is 10.2. The topological polar surface area (TPSA) is 67.2 Å². The molecule has 1 heterocycles. The van der Waals surface area contributed by atoms with E-state index in [1.165, 1.54) is 0 Å². The van der Waals surface area contributed by atoms with Gasteiger partial charge in [0.15, 0.2) is 8.32 Å². The molecule has 0 amide bonds. The maximum Gasteiger partial charge on any atom is 0.184 e. The van der Waals surface area contributed by atoms with Gasteiger partial charge in [-0.1, -0.05) is 5.11 Å². The van der Waals surface area contributed by atoms with Crippen LogP contribution in [0.2, 0.25) is 19.6 Å². The van der Waals surface area contributed by atoms with Gasteiger partial charge in [0.1, 0.15) is 0 Å². The molecule has 0 bridgehead atoms. The highest BCUT2D eigenvalue weighted by Crippen LogP contribution is 2.18. The zero-order chi connectivity index (χ0) is 9.90. The molecule has 1 aliphatic heterocycles. The number of rotatable bonds is 3. The van der Waals surface area contributed by atoms with Gasteiger partial charge >= 0.3 is 0 Å². The van der Waals surface area contributed by atoms with Crippen LogP contribution in [0.25, 0.3) is 10.4 Å². The molecule has 0 saturated carbocycles. The largest absolute Gasteiger partial charge is 0.412 e. The maximum absolute atomic E-state index is 8.30. The monoisotopic (exact) mass is 201 g/mol. The normalized spacial score (nSPS) is 28.5. The van der Waals surface area contributed by atoms with E-state index < -0.39 is 8.32 Å². The van der Waals surface area contributed by atoms with Crippen molar-refractivity contribution in [1.82, 2.24) is 0 Å². The summed E-state index contributed by atoms with van der Waals surface area (Å²) in [4.78, 5) is 2.78. The van der Waals surface area contributed by atoms with Gasteiger partial charge in [-0.05, 0) is 25.2 Å². The van der Waals surface area contributed by atoms with Gasteiger partial charge in [-0.2, -0.15) is 0 Å². The van der Waals surface area contributed by atoms with Crippen molar-refractivity contribution in [3.8, 4) is 0 Å². The molecule has 0 aromatic rings. The maximum atomic E-state index is 8.30. The van der Waals surface area contributed by atoms with Crippen molar-refractivity contribution in [2.24, 2.45) is 5.11 Å². The zero-order valence-electron chi connectivity index (χ0n) is 8.23. The Morgan fingerprint density at radius 1 is 1.46 bits per heavy atom. The van der Waals surface area contributed by atoms with Gasteiger partial charge in [0.25, 0.3) is 0 Å². The van der Waals surface area contributed by atoms with Crippen LogP contribution in [0.4, 0.5) is 0 Å². The quantitative estimate of drug-likeness (QED) is 0.303. The van der Waals surface area contributed by atoms with Gasteiger partial charge in [0, 0.05) is 4.91 Å². The standard InChI is InChI=1S/C7H15N3O2Si/c1-13(2,3)12-7-5-11-4-6(7)9-10-8/h6-7H,4-5H2,1-3H3. The Morgan fingerprint density at radius 3 is 2.69 bits per heavy atom. The molecule has 2 atom stereocenters. The van der Waals surface area contributed by atoms with E-state index in [2.05, 4.69) is 29.7 Å². The predicted molar refractivity (Wildman–Crippen MR) is 52.0 cm³/mol. The van der Waals surface area contributed by atoms with Gasteiger partial charge in [-0.3, -0.25) is 0 Å². The SMILES string of the molecule is C[Si](C)(C)OC1COCC1N=[N+]=[N-]. The van der Waals surface area contributed by atoms with E-state index in [1.807, 2.05) is 0 Å². The Kier molecular flexibility index (Phi) is 3.32. The van der Waals surface area contributed by atoms with Crippen LogP contribution in [-0.2, 0) is 9.16 Å². The highest BCUT2D eigenvalue weighted by atomic mass is 28.4. The van der Waals surface area contributed by atoms with Crippen LogP contribution in [-0.4, -0.2) is 33.7 Å². The number of azide groups is 1. The molecule has 74 valence electrons. The minimum atomic E-state index is -1.56. The van der Waals surface area contributed by atoms with E-state index in [0.717, 1.165) is 0 Å². The molecule has 5 nitrogen and oxygen atoms in total. The van der Waals surface area contributed by atoms with Crippen LogP contribution in [0.15, 0.2) is 5.11 Å². The molecule has 2 unspecified atom stereocenters. The number of ether oxygens (including phenoxy) is 1. The minimum Gasteiger partial charge on any atom is -0.412 e.